The molecule has 0 atom stereocenters. The molecule has 0 amide bonds. The number of thiazole rings is 1. The van der Waals surface area contributed by atoms with Crippen LogP contribution >= 0.6 is 11.3 Å². The van der Waals surface area contributed by atoms with E-state index in [2.05, 4.69) is 30.0 Å². The average Bonchev–Trinajstić information content (AvgIpc) is 3.05. The summed E-state index contributed by atoms with van der Waals surface area (Å²) >= 11 is 1.73. The Morgan fingerprint density at radius 3 is 3.16 bits per heavy atom. The Morgan fingerprint density at radius 2 is 2.16 bits per heavy atom. The van der Waals surface area contributed by atoms with Crippen LogP contribution in [0.1, 0.15) is 5.56 Å². The molecule has 5 heterocycles. The third kappa shape index (κ3) is 1.09. The number of aromatic nitrogens is 5. The van der Waals surface area contributed by atoms with E-state index < -0.39 is 0 Å². The van der Waals surface area contributed by atoms with Gasteiger partial charge in [-0.3, -0.25) is 4.98 Å². The molecule has 4 aromatic heterocycles. The molecule has 6 heteroatoms. The lowest BCUT2D eigenvalue weighted by atomic mass is 10.2. The van der Waals surface area contributed by atoms with E-state index in [0.29, 0.717) is 0 Å². The van der Waals surface area contributed by atoms with Crippen molar-refractivity contribution in [2.24, 2.45) is 0 Å². The summed E-state index contributed by atoms with van der Waals surface area (Å²) in [5.74, 6) is 0. The summed E-state index contributed by atoms with van der Waals surface area (Å²) in [5, 5.41) is 1.26. The highest BCUT2D eigenvalue weighted by molar-refractivity contribution is 7.20. The maximum absolute atomic E-state index is 4.66. The molecule has 0 fully saturated rings. The fraction of sp³-hybridized carbons (Fsp3) is 0.0769. The van der Waals surface area contributed by atoms with E-state index >= 15 is 0 Å². The maximum atomic E-state index is 4.66. The highest BCUT2D eigenvalue weighted by Gasteiger charge is 2.31. The lowest BCUT2D eigenvalue weighted by Gasteiger charge is -1.90. The van der Waals surface area contributed by atoms with Gasteiger partial charge in [0.25, 0.3) is 0 Å². The van der Waals surface area contributed by atoms with E-state index in [1.165, 1.54) is 16.1 Å². The molecule has 0 saturated carbocycles. The van der Waals surface area contributed by atoms with Crippen molar-refractivity contribution in [1.29, 1.82) is 0 Å². The highest BCUT2D eigenvalue weighted by atomic mass is 32.1. The number of nitrogens with zero attached hydrogens (tertiary/aromatic N) is 5. The van der Waals surface area contributed by atoms with Crippen molar-refractivity contribution < 1.29 is 4.57 Å². The van der Waals surface area contributed by atoms with Crippen LogP contribution in [0.4, 0.5) is 0 Å². The first-order chi connectivity index (χ1) is 9.42. The lowest BCUT2D eigenvalue weighted by Crippen LogP contribution is -2.31. The Bertz CT molecular complexity index is 952. The number of pyridine rings is 1. The van der Waals surface area contributed by atoms with Crippen LogP contribution in [0.15, 0.2) is 37.1 Å². The second kappa shape index (κ2) is 3.16. The summed E-state index contributed by atoms with van der Waals surface area (Å²) in [7, 11) is 0. The first-order valence-electron chi connectivity index (χ1n) is 5.99. The van der Waals surface area contributed by atoms with Crippen LogP contribution in [0.25, 0.3) is 26.7 Å². The molecule has 5 nitrogen and oxygen atoms in total. The summed E-state index contributed by atoms with van der Waals surface area (Å²) in [6.45, 7) is 0.862. The van der Waals surface area contributed by atoms with E-state index in [9.17, 15) is 0 Å². The van der Waals surface area contributed by atoms with Crippen LogP contribution in [0.2, 0.25) is 0 Å². The van der Waals surface area contributed by atoms with Gasteiger partial charge in [0.2, 0.25) is 10.5 Å². The minimum Gasteiger partial charge on any atom is -0.264 e. The van der Waals surface area contributed by atoms with E-state index in [0.717, 1.165) is 22.7 Å². The number of rotatable bonds is 0. The number of imidazole rings is 1. The van der Waals surface area contributed by atoms with E-state index in [1.54, 1.807) is 17.5 Å². The molecular weight excluding hydrogens is 258 g/mol. The van der Waals surface area contributed by atoms with Gasteiger partial charge < -0.3 is 0 Å². The second-order valence-corrected chi connectivity index (χ2v) is 5.55. The van der Waals surface area contributed by atoms with Gasteiger partial charge in [0.15, 0.2) is 11.3 Å². The standard InChI is InChI=1S/C13H8N5S/c1-3-14-5-8-6-17-12-11(19-13(17)9(1)8)16-10-2-4-15-7-18(10)12/h1-5,7H,6H2/q+1. The fourth-order valence-electron chi connectivity index (χ4n) is 2.70. The zero-order chi connectivity index (χ0) is 12.4. The molecule has 0 bridgehead atoms. The molecule has 0 aliphatic carbocycles. The van der Waals surface area contributed by atoms with Gasteiger partial charge in [0.05, 0.1) is 0 Å². The smallest absolute Gasteiger partial charge is 0.264 e. The van der Waals surface area contributed by atoms with Crippen molar-refractivity contribution in [3.63, 3.8) is 0 Å². The first-order valence-corrected chi connectivity index (χ1v) is 6.81. The van der Waals surface area contributed by atoms with Gasteiger partial charge in [-0.2, -0.15) is 9.38 Å². The third-order valence-electron chi connectivity index (χ3n) is 3.53. The van der Waals surface area contributed by atoms with Crippen LogP contribution in [-0.4, -0.2) is 19.4 Å². The van der Waals surface area contributed by atoms with Gasteiger partial charge in [-0.1, -0.05) is 11.3 Å². The monoisotopic (exact) mass is 266 g/mol. The molecule has 0 spiro atoms. The van der Waals surface area contributed by atoms with E-state index in [-0.39, 0.29) is 0 Å². The predicted octanol–water partition coefficient (Wildman–Crippen LogP) is 1.66. The Balaban J connectivity index is 1.94. The fourth-order valence-corrected chi connectivity index (χ4v) is 3.89. The molecule has 0 saturated heterocycles. The molecule has 0 radical (unpaired) electrons. The molecule has 0 N–H and O–H groups in total. The Morgan fingerprint density at radius 1 is 1.21 bits per heavy atom. The molecule has 19 heavy (non-hydrogen) atoms. The quantitative estimate of drug-likeness (QED) is 0.400. The zero-order valence-corrected chi connectivity index (χ0v) is 10.6. The van der Waals surface area contributed by atoms with Crippen LogP contribution in [0.3, 0.4) is 0 Å². The Hall–Kier alpha value is -2.34. The Kier molecular flexibility index (Phi) is 1.59. The molecule has 0 aromatic carbocycles. The minimum atomic E-state index is 0.862. The first kappa shape index (κ1) is 9.57. The third-order valence-corrected chi connectivity index (χ3v) is 4.63. The summed E-state index contributed by atoms with van der Waals surface area (Å²) in [5.41, 5.74) is 4.62. The van der Waals surface area contributed by atoms with Gasteiger partial charge in [-0.15, -0.1) is 0 Å². The van der Waals surface area contributed by atoms with Crippen molar-refractivity contribution in [3.05, 3.63) is 42.6 Å². The van der Waals surface area contributed by atoms with Crippen LogP contribution < -0.4 is 4.57 Å². The van der Waals surface area contributed by atoms with Crippen molar-refractivity contribution in [2.75, 3.05) is 0 Å². The molecule has 1 aliphatic heterocycles. The maximum Gasteiger partial charge on any atom is 0.327 e. The molecule has 0 unspecified atom stereocenters. The van der Waals surface area contributed by atoms with Crippen LogP contribution in [0.5, 0.6) is 0 Å². The lowest BCUT2D eigenvalue weighted by molar-refractivity contribution is -0.644. The van der Waals surface area contributed by atoms with Gasteiger partial charge in [0.1, 0.15) is 6.54 Å². The summed E-state index contributed by atoms with van der Waals surface area (Å²) in [6.07, 6.45) is 7.39. The van der Waals surface area contributed by atoms with Crippen molar-refractivity contribution >= 4 is 27.5 Å². The average molecular weight is 266 g/mol. The molecule has 4 aromatic rings. The minimum absolute atomic E-state index is 0.862. The molecule has 90 valence electrons. The van der Waals surface area contributed by atoms with Gasteiger partial charge in [-0.25, -0.2) is 9.55 Å². The second-order valence-electron chi connectivity index (χ2n) is 4.58. The summed E-state index contributed by atoms with van der Waals surface area (Å²) in [6, 6.07) is 4.01. The summed E-state index contributed by atoms with van der Waals surface area (Å²) < 4.78 is 4.35. The number of hydrogen-bond donors (Lipinski definition) is 0. The molecular formula is C13H8N5S+. The predicted molar refractivity (Wildman–Crippen MR) is 70.9 cm³/mol. The normalized spacial score (nSPS) is 13.1. The summed E-state index contributed by atoms with van der Waals surface area (Å²) in [4.78, 5) is 14.1. The largest absolute Gasteiger partial charge is 0.327 e. The number of hydrogen-bond acceptors (Lipinski definition) is 4. The highest BCUT2D eigenvalue weighted by Crippen LogP contribution is 2.34. The SMILES string of the molecule is c1cc2c(cn1)C[n+]1c-2sc2nc3ccncn3c21. The van der Waals surface area contributed by atoms with Gasteiger partial charge >= 0.3 is 5.65 Å². The van der Waals surface area contributed by atoms with E-state index in [4.69, 9.17) is 0 Å². The van der Waals surface area contributed by atoms with E-state index in [1.807, 2.05) is 24.8 Å². The van der Waals surface area contributed by atoms with Crippen molar-refractivity contribution in [2.45, 2.75) is 6.54 Å². The van der Waals surface area contributed by atoms with Crippen molar-refractivity contribution in [1.82, 2.24) is 19.4 Å². The van der Waals surface area contributed by atoms with Crippen molar-refractivity contribution in [3.8, 4) is 10.6 Å². The molecule has 1 aliphatic rings. The Labute approximate surface area is 111 Å². The van der Waals surface area contributed by atoms with Gasteiger partial charge in [-0.05, 0) is 6.07 Å². The topological polar surface area (TPSA) is 47.0 Å². The van der Waals surface area contributed by atoms with Crippen LogP contribution in [0, 0.1) is 0 Å². The molecule has 5 rings (SSSR count). The van der Waals surface area contributed by atoms with Crippen LogP contribution in [-0.2, 0) is 6.54 Å². The zero-order valence-electron chi connectivity index (χ0n) is 9.82. The number of fused-ring (bicyclic) bond motifs is 7. The van der Waals surface area contributed by atoms with Gasteiger partial charge in [0, 0.05) is 35.8 Å².